The van der Waals surface area contributed by atoms with Crippen LogP contribution >= 0.6 is 0 Å². The van der Waals surface area contributed by atoms with Crippen molar-refractivity contribution in [3.63, 3.8) is 0 Å². The number of anilines is 2. The molecule has 0 spiro atoms. The lowest BCUT2D eigenvalue weighted by atomic mass is 10.1. The summed E-state index contributed by atoms with van der Waals surface area (Å²) in [6.07, 6.45) is -0.459. The number of nitrogens with one attached hydrogen (secondary N) is 1. The van der Waals surface area contributed by atoms with Crippen LogP contribution in [0.25, 0.3) is 11.1 Å². The fourth-order valence-corrected chi connectivity index (χ4v) is 2.07. The van der Waals surface area contributed by atoms with Crippen molar-refractivity contribution >= 4 is 11.6 Å². The maximum absolute atomic E-state index is 13.8. The Morgan fingerprint density at radius 3 is 2.50 bits per heavy atom. The van der Waals surface area contributed by atoms with Crippen LogP contribution in [-0.2, 0) is 6.18 Å². The number of benzene rings is 1. The fraction of sp³-hybridized carbons (Fsp3) is 0.0625. The molecule has 0 aliphatic carbocycles. The summed E-state index contributed by atoms with van der Waals surface area (Å²) in [7, 11) is 0. The molecule has 8 heteroatoms. The number of alkyl halides is 3. The Bertz CT molecular complexity index is 850. The van der Waals surface area contributed by atoms with Crippen LogP contribution in [0.4, 0.5) is 29.2 Å². The van der Waals surface area contributed by atoms with Crippen molar-refractivity contribution in [2.45, 2.75) is 6.18 Å². The second-order valence-electron chi connectivity index (χ2n) is 4.86. The molecule has 24 heavy (non-hydrogen) atoms. The molecule has 3 aromatic rings. The van der Waals surface area contributed by atoms with Crippen molar-refractivity contribution in [2.24, 2.45) is 0 Å². The summed E-state index contributed by atoms with van der Waals surface area (Å²) in [5, 5.41) is 2.58. The van der Waals surface area contributed by atoms with Gasteiger partial charge in [-0.05, 0) is 35.9 Å². The Labute approximate surface area is 134 Å². The quantitative estimate of drug-likeness (QED) is 0.720. The van der Waals surface area contributed by atoms with Gasteiger partial charge in [0.1, 0.15) is 11.5 Å². The number of aromatic nitrogens is 3. The number of rotatable bonds is 3. The highest BCUT2D eigenvalue weighted by molar-refractivity contribution is 5.69. The van der Waals surface area contributed by atoms with E-state index in [0.717, 1.165) is 18.3 Å². The van der Waals surface area contributed by atoms with Gasteiger partial charge in [-0.2, -0.15) is 13.2 Å². The molecule has 0 aliphatic heterocycles. The van der Waals surface area contributed by atoms with E-state index < -0.39 is 17.7 Å². The van der Waals surface area contributed by atoms with Crippen LogP contribution in [0.2, 0.25) is 0 Å². The van der Waals surface area contributed by atoms with Gasteiger partial charge in [0.15, 0.2) is 0 Å². The number of hydrogen-bond acceptors (Lipinski definition) is 4. The Morgan fingerprint density at radius 1 is 0.958 bits per heavy atom. The zero-order chi connectivity index (χ0) is 17.2. The van der Waals surface area contributed by atoms with Gasteiger partial charge in [0.05, 0.1) is 0 Å². The molecule has 2 heterocycles. The lowest BCUT2D eigenvalue weighted by Crippen LogP contribution is -2.10. The largest absolute Gasteiger partial charge is 0.433 e. The normalized spacial score (nSPS) is 11.3. The average Bonchev–Trinajstić information content (AvgIpc) is 2.54. The number of hydrogen-bond donors (Lipinski definition) is 1. The van der Waals surface area contributed by atoms with E-state index in [-0.39, 0.29) is 11.6 Å². The minimum Gasteiger partial charge on any atom is -0.324 e. The van der Waals surface area contributed by atoms with Crippen LogP contribution in [0.1, 0.15) is 5.69 Å². The van der Waals surface area contributed by atoms with Crippen LogP contribution in [0.15, 0.2) is 55.0 Å². The third kappa shape index (κ3) is 3.65. The van der Waals surface area contributed by atoms with Crippen molar-refractivity contribution in [3.05, 3.63) is 66.5 Å². The topological polar surface area (TPSA) is 50.7 Å². The van der Waals surface area contributed by atoms with E-state index in [1.165, 1.54) is 6.07 Å². The number of pyridine rings is 1. The van der Waals surface area contributed by atoms with Crippen molar-refractivity contribution in [3.8, 4) is 11.1 Å². The summed E-state index contributed by atoms with van der Waals surface area (Å²) in [6.45, 7) is 0. The van der Waals surface area contributed by atoms with Crippen LogP contribution in [0.3, 0.4) is 0 Å². The van der Waals surface area contributed by atoms with Crippen molar-refractivity contribution in [2.75, 3.05) is 5.32 Å². The molecule has 0 fully saturated rings. The molecule has 2 aromatic heterocycles. The van der Waals surface area contributed by atoms with Gasteiger partial charge in [0.25, 0.3) is 0 Å². The van der Waals surface area contributed by atoms with Gasteiger partial charge in [0, 0.05) is 29.8 Å². The maximum Gasteiger partial charge on any atom is 0.433 e. The molecule has 122 valence electrons. The fourth-order valence-electron chi connectivity index (χ4n) is 2.07. The Morgan fingerprint density at radius 2 is 1.79 bits per heavy atom. The van der Waals surface area contributed by atoms with E-state index in [0.29, 0.717) is 11.1 Å². The van der Waals surface area contributed by atoms with Gasteiger partial charge >= 0.3 is 6.18 Å². The molecule has 0 atom stereocenters. The Balaban J connectivity index is 1.92. The van der Waals surface area contributed by atoms with Crippen LogP contribution in [-0.4, -0.2) is 15.0 Å². The zero-order valence-electron chi connectivity index (χ0n) is 12.0. The Kier molecular flexibility index (Phi) is 4.11. The zero-order valence-corrected chi connectivity index (χ0v) is 12.0. The minimum atomic E-state index is -4.58. The van der Waals surface area contributed by atoms with Gasteiger partial charge in [-0.25, -0.2) is 14.4 Å². The summed E-state index contributed by atoms with van der Waals surface area (Å²) < 4.78 is 51.8. The number of nitrogens with zero attached hydrogens (tertiary/aromatic N) is 3. The highest BCUT2D eigenvalue weighted by atomic mass is 19.4. The molecule has 4 nitrogen and oxygen atoms in total. The monoisotopic (exact) mass is 334 g/mol. The average molecular weight is 334 g/mol. The van der Waals surface area contributed by atoms with Crippen LogP contribution in [0, 0.1) is 5.82 Å². The predicted octanol–water partition coefficient (Wildman–Crippen LogP) is 4.44. The summed E-state index contributed by atoms with van der Waals surface area (Å²) in [6, 6.07) is 8.22. The second kappa shape index (κ2) is 6.23. The molecule has 0 saturated heterocycles. The molecule has 1 aromatic carbocycles. The van der Waals surface area contributed by atoms with E-state index in [4.69, 9.17) is 0 Å². The van der Waals surface area contributed by atoms with Gasteiger partial charge in [-0.3, -0.25) is 4.98 Å². The van der Waals surface area contributed by atoms with Gasteiger partial charge in [-0.15, -0.1) is 0 Å². The molecule has 0 saturated carbocycles. The molecule has 0 aliphatic rings. The standard InChI is InChI=1S/C16H10F4N4/c17-12-6-11(10-2-1-4-21-9-10)7-13(8-12)23-15-22-5-3-14(24-15)16(18,19)20/h1-9H,(H,22,23,24). The van der Waals surface area contributed by atoms with E-state index in [2.05, 4.69) is 20.3 Å². The molecule has 0 bridgehead atoms. The van der Waals surface area contributed by atoms with Crippen molar-refractivity contribution < 1.29 is 17.6 Å². The minimum absolute atomic E-state index is 0.230. The van der Waals surface area contributed by atoms with Gasteiger partial charge in [0.2, 0.25) is 5.95 Å². The van der Waals surface area contributed by atoms with Gasteiger partial charge < -0.3 is 5.32 Å². The van der Waals surface area contributed by atoms with E-state index in [1.54, 1.807) is 30.6 Å². The SMILES string of the molecule is Fc1cc(Nc2nccc(C(F)(F)F)n2)cc(-c2cccnc2)c1. The Hall–Kier alpha value is -3.03. The smallest absolute Gasteiger partial charge is 0.324 e. The molecular weight excluding hydrogens is 324 g/mol. The van der Waals surface area contributed by atoms with E-state index >= 15 is 0 Å². The first kappa shape index (κ1) is 15.9. The molecule has 3 rings (SSSR count). The van der Waals surface area contributed by atoms with E-state index in [1.807, 2.05) is 0 Å². The molecule has 1 N–H and O–H groups in total. The first-order valence-corrected chi connectivity index (χ1v) is 6.80. The third-order valence-corrected chi connectivity index (χ3v) is 3.09. The summed E-state index contributed by atoms with van der Waals surface area (Å²) >= 11 is 0. The molecule has 0 amide bonds. The van der Waals surface area contributed by atoms with Gasteiger partial charge in [-0.1, -0.05) is 6.07 Å². The summed E-state index contributed by atoms with van der Waals surface area (Å²) in [4.78, 5) is 11.1. The molecule has 0 unspecified atom stereocenters. The number of halogens is 4. The lowest BCUT2D eigenvalue weighted by molar-refractivity contribution is -0.141. The first-order chi connectivity index (χ1) is 11.4. The molecular formula is C16H10F4N4. The highest BCUT2D eigenvalue weighted by Crippen LogP contribution is 2.29. The predicted molar refractivity (Wildman–Crippen MR) is 79.9 cm³/mol. The highest BCUT2D eigenvalue weighted by Gasteiger charge is 2.32. The van der Waals surface area contributed by atoms with Crippen molar-refractivity contribution in [1.29, 1.82) is 0 Å². The van der Waals surface area contributed by atoms with Crippen LogP contribution < -0.4 is 5.32 Å². The third-order valence-electron chi connectivity index (χ3n) is 3.09. The lowest BCUT2D eigenvalue weighted by Gasteiger charge is -2.10. The second-order valence-corrected chi connectivity index (χ2v) is 4.86. The summed E-state index contributed by atoms with van der Waals surface area (Å²) in [5.41, 5.74) is 0.347. The van der Waals surface area contributed by atoms with Crippen molar-refractivity contribution in [1.82, 2.24) is 15.0 Å². The molecule has 0 radical (unpaired) electrons. The van der Waals surface area contributed by atoms with Crippen LogP contribution in [0.5, 0.6) is 0 Å². The van der Waals surface area contributed by atoms with E-state index in [9.17, 15) is 17.6 Å². The first-order valence-electron chi connectivity index (χ1n) is 6.80. The summed E-state index contributed by atoms with van der Waals surface area (Å²) in [5.74, 6) is -0.821. The maximum atomic E-state index is 13.8.